The number of carbonyl (C=O) groups is 1. The number of nitrogens with one attached hydrogen (secondary N) is 2. The summed E-state index contributed by atoms with van der Waals surface area (Å²) in [7, 11) is 0. The van der Waals surface area contributed by atoms with Gasteiger partial charge in [-0.05, 0) is 29.7 Å². The van der Waals surface area contributed by atoms with Gasteiger partial charge in [0.2, 0.25) is 0 Å². The average molecular weight is 271 g/mol. The van der Waals surface area contributed by atoms with E-state index in [2.05, 4.69) is 15.6 Å². The minimum absolute atomic E-state index is 0.0466. The molecule has 104 valence electrons. The van der Waals surface area contributed by atoms with Crippen molar-refractivity contribution in [2.75, 3.05) is 11.9 Å². The number of benzene rings is 1. The first-order chi connectivity index (χ1) is 9.78. The zero-order chi connectivity index (χ0) is 14.2. The monoisotopic (exact) mass is 271 g/mol. The minimum atomic E-state index is -0.268. The Kier molecular flexibility index (Phi) is 5.08. The molecule has 2 aromatic rings. The predicted octanol–water partition coefficient (Wildman–Crippen LogP) is 1.94. The lowest BCUT2D eigenvalue weighted by Crippen LogP contribution is -2.30. The molecule has 0 saturated carbocycles. The number of anilines is 1. The number of aromatic nitrogens is 1. The zero-order valence-corrected chi connectivity index (χ0v) is 11.0. The van der Waals surface area contributed by atoms with E-state index in [4.69, 9.17) is 5.11 Å². The number of nitrogens with zero attached hydrogens (tertiary/aromatic N) is 1. The molecule has 0 atom stereocenters. The van der Waals surface area contributed by atoms with E-state index in [-0.39, 0.29) is 12.6 Å². The summed E-state index contributed by atoms with van der Waals surface area (Å²) in [6.45, 7) is 0.585. The van der Waals surface area contributed by atoms with Gasteiger partial charge in [-0.15, -0.1) is 0 Å². The molecule has 1 aromatic carbocycles. The Morgan fingerprint density at radius 3 is 2.50 bits per heavy atom. The van der Waals surface area contributed by atoms with Crippen molar-refractivity contribution in [2.45, 2.75) is 13.0 Å². The number of carbonyl (C=O) groups excluding carboxylic acids is 1. The van der Waals surface area contributed by atoms with Crippen molar-refractivity contribution >= 4 is 11.8 Å². The zero-order valence-electron chi connectivity index (χ0n) is 11.0. The van der Waals surface area contributed by atoms with E-state index in [1.165, 1.54) is 0 Å². The summed E-state index contributed by atoms with van der Waals surface area (Å²) in [5.41, 5.74) is 2.00. The number of hydrogen-bond donors (Lipinski definition) is 3. The van der Waals surface area contributed by atoms with Crippen LogP contribution in [0.3, 0.4) is 0 Å². The second kappa shape index (κ2) is 7.25. The molecule has 20 heavy (non-hydrogen) atoms. The topological polar surface area (TPSA) is 74.2 Å². The fourth-order valence-electron chi connectivity index (χ4n) is 1.73. The fourth-order valence-corrected chi connectivity index (χ4v) is 1.73. The standard InChI is InChI=1S/C15H17N3O2/c19-11-13-6-4-12(5-7-13)8-10-17-15(20)18-14-3-1-2-9-16-14/h1-7,9,19H,8,10-11H2,(H2,16,17,18,20). The van der Waals surface area contributed by atoms with Crippen LogP contribution in [-0.4, -0.2) is 22.7 Å². The first-order valence-electron chi connectivity index (χ1n) is 6.42. The van der Waals surface area contributed by atoms with Crippen LogP contribution in [0.1, 0.15) is 11.1 Å². The number of urea groups is 1. The molecule has 0 unspecified atom stereocenters. The van der Waals surface area contributed by atoms with Gasteiger partial charge in [0.25, 0.3) is 0 Å². The summed E-state index contributed by atoms with van der Waals surface area (Å²) in [4.78, 5) is 15.6. The number of pyridine rings is 1. The van der Waals surface area contributed by atoms with Crippen LogP contribution in [0.5, 0.6) is 0 Å². The Labute approximate surface area is 117 Å². The maximum Gasteiger partial charge on any atom is 0.320 e. The highest BCUT2D eigenvalue weighted by molar-refractivity contribution is 5.88. The molecule has 0 spiro atoms. The maximum absolute atomic E-state index is 11.6. The van der Waals surface area contributed by atoms with Crippen molar-refractivity contribution < 1.29 is 9.90 Å². The molecule has 2 rings (SSSR count). The van der Waals surface area contributed by atoms with Gasteiger partial charge in [-0.2, -0.15) is 0 Å². The molecule has 1 aromatic heterocycles. The van der Waals surface area contributed by atoms with Crippen LogP contribution in [0.4, 0.5) is 10.6 Å². The van der Waals surface area contributed by atoms with E-state index >= 15 is 0 Å². The van der Waals surface area contributed by atoms with Crippen LogP contribution in [0.15, 0.2) is 48.7 Å². The Bertz CT molecular complexity index is 541. The molecule has 0 aliphatic rings. The molecule has 0 bridgehead atoms. The van der Waals surface area contributed by atoms with Crippen molar-refractivity contribution in [2.24, 2.45) is 0 Å². The first kappa shape index (κ1) is 14.0. The van der Waals surface area contributed by atoms with E-state index in [0.717, 1.165) is 17.5 Å². The Balaban J connectivity index is 1.73. The van der Waals surface area contributed by atoms with Crippen LogP contribution in [-0.2, 0) is 13.0 Å². The molecule has 0 aliphatic heterocycles. The Morgan fingerprint density at radius 2 is 1.85 bits per heavy atom. The van der Waals surface area contributed by atoms with E-state index in [9.17, 15) is 4.79 Å². The highest BCUT2D eigenvalue weighted by atomic mass is 16.3. The predicted molar refractivity (Wildman–Crippen MR) is 77.3 cm³/mol. The first-order valence-corrected chi connectivity index (χ1v) is 6.42. The smallest absolute Gasteiger partial charge is 0.320 e. The van der Waals surface area contributed by atoms with Crippen molar-refractivity contribution in [3.63, 3.8) is 0 Å². The minimum Gasteiger partial charge on any atom is -0.392 e. The summed E-state index contributed by atoms with van der Waals surface area (Å²) in [5, 5.41) is 14.4. The lowest BCUT2D eigenvalue weighted by Gasteiger charge is -2.07. The van der Waals surface area contributed by atoms with Gasteiger partial charge in [0.1, 0.15) is 5.82 Å². The van der Waals surface area contributed by atoms with E-state index in [1.54, 1.807) is 18.3 Å². The van der Waals surface area contributed by atoms with Gasteiger partial charge < -0.3 is 10.4 Å². The molecule has 1 heterocycles. The van der Waals surface area contributed by atoms with Crippen LogP contribution in [0.25, 0.3) is 0 Å². The summed E-state index contributed by atoms with van der Waals surface area (Å²) in [6.07, 6.45) is 2.36. The van der Waals surface area contributed by atoms with Crippen LogP contribution in [0, 0.1) is 0 Å². The lowest BCUT2D eigenvalue weighted by atomic mass is 10.1. The van der Waals surface area contributed by atoms with Crippen LogP contribution >= 0.6 is 0 Å². The molecular formula is C15H17N3O2. The summed E-state index contributed by atoms with van der Waals surface area (Å²) in [6, 6.07) is 12.7. The Morgan fingerprint density at radius 1 is 1.10 bits per heavy atom. The second-order valence-corrected chi connectivity index (χ2v) is 4.32. The number of rotatable bonds is 5. The van der Waals surface area contributed by atoms with E-state index < -0.39 is 0 Å². The van der Waals surface area contributed by atoms with Gasteiger partial charge in [0.05, 0.1) is 6.61 Å². The quantitative estimate of drug-likeness (QED) is 0.778. The van der Waals surface area contributed by atoms with Gasteiger partial charge >= 0.3 is 6.03 Å². The number of hydrogen-bond acceptors (Lipinski definition) is 3. The van der Waals surface area contributed by atoms with Gasteiger partial charge in [0.15, 0.2) is 0 Å². The van der Waals surface area contributed by atoms with Crippen molar-refractivity contribution in [1.82, 2.24) is 10.3 Å². The van der Waals surface area contributed by atoms with Crippen LogP contribution in [0.2, 0.25) is 0 Å². The van der Waals surface area contributed by atoms with Crippen molar-refractivity contribution in [1.29, 1.82) is 0 Å². The number of aliphatic hydroxyl groups excluding tert-OH is 1. The SMILES string of the molecule is O=C(NCCc1ccc(CO)cc1)Nc1ccccn1. The van der Waals surface area contributed by atoms with Gasteiger partial charge in [0, 0.05) is 12.7 Å². The average Bonchev–Trinajstić information content (AvgIpc) is 2.49. The van der Waals surface area contributed by atoms with E-state index in [1.807, 2.05) is 30.3 Å². The third-order valence-corrected chi connectivity index (χ3v) is 2.81. The third kappa shape index (κ3) is 4.37. The van der Waals surface area contributed by atoms with E-state index in [0.29, 0.717) is 12.4 Å². The van der Waals surface area contributed by atoms with Gasteiger partial charge in [-0.25, -0.2) is 9.78 Å². The third-order valence-electron chi connectivity index (χ3n) is 2.81. The van der Waals surface area contributed by atoms with Crippen molar-refractivity contribution in [3.05, 3.63) is 59.8 Å². The number of aliphatic hydroxyl groups is 1. The maximum atomic E-state index is 11.6. The molecule has 5 heteroatoms. The molecule has 5 nitrogen and oxygen atoms in total. The molecule has 0 fully saturated rings. The summed E-state index contributed by atoms with van der Waals surface area (Å²) in [5.74, 6) is 0.525. The van der Waals surface area contributed by atoms with Crippen LogP contribution < -0.4 is 10.6 Å². The highest BCUT2D eigenvalue weighted by Crippen LogP contribution is 2.04. The molecular weight excluding hydrogens is 254 g/mol. The van der Waals surface area contributed by atoms with Gasteiger partial charge in [-0.1, -0.05) is 30.3 Å². The number of amides is 2. The fraction of sp³-hybridized carbons (Fsp3) is 0.200. The lowest BCUT2D eigenvalue weighted by molar-refractivity contribution is 0.252. The largest absolute Gasteiger partial charge is 0.392 e. The molecule has 3 N–H and O–H groups in total. The molecule has 0 radical (unpaired) electrons. The van der Waals surface area contributed by atoms with Crippen molar-refractivity contribution in [3.8, 4) is 0 Å². The van der Waals surface area contributed by atoms with Gasteiger partial charge in [-0.3, -0.25) is 5.32 Å². The normalized spacial score (nSPS) is 10.1. The second-order valence-electron chi connectivity index (χ2n) is 4.32. The highest BCUT2D eigenvalue weighted by Gasteiger charge is 2.01. The Hall–Kier alpha value is -2.40. The summed E-state index contributed by atoms with van der Waals surface area (Å²) >= 11 is 0. The molecule has 0 aliphatic carbocycles. The molecule has 0 saturated heterocycles. The molecule has 2 amide bonds. The summed E-state index contributed by atoms with van der Waals surface area (Å²) < 4.78 is 0.